The fraction of sp³-hybridized carbons (Fsp3) is 0.350. The van der Waals surface area contributed by atoms with E-state index in [1.54, 1.807) is 19.1 Å². The Morgan fingerprint density at radius 2 is 1.78 bits per heavy atom. The van der Waals surface area contributed by atoms with E-state index in [1.807, 2.05) is 24.3 Å². The Morgan fingerprint density at radius 3 is 2.30 bits per heavy atom. The second kappa shape index (κ2) is 6.77. The van der Waals surface area contributed by atoms with Crippen molar-refractivity contribution in [3.63, 3.8) is 0 Å². The van der Waals surface area contributed by atoms with Gasteiger partial charge in [-0.3, -0.25) is 14.5 Å². The van der Waals surface area contributed by atoms with Crippen molar-refractivity contribution >= 4 is 40.7 Å². The maximum atomic E-state index is 13.0. The molecule has 1 aliphatic heterocycles. The molecule has 1 atom stereocenters. The lowest BCUT2D eigenvalue weighted by Gasteiger charge is -2.24. The first-order chi connectivity index (χ1) is 12.5. The first-order valence-electron chi connectivity index (χ1n) is 8.56. The Kier molecular flexibility index (Phi) is 4.91. The van der Waals surface area contributed by atoms with Crippen LogP contribution in [-0.4, -0.2) is 29.2 Å². The second-order valence-corrected chi connectivity index (χ2v) is 9.52. The number of halogens is 1. The fourth-order valence-corrected chi connectivity index (χ4v) is 4.00. The topological polar surface area (TPSA) is 66.5 Å². The third kappa shape index (κ3) is 3.64. The first-order valence-corrected chi connectivity index (χ1v) is 9.75. The third-order valence-corrected chi connectivity index (χ3v) is 6.03. The van der Waals surface area contributed by atoms with Gasteiger partial charge in [-0.2, -0.15) is 0 Å². The van der Waals surface area contributed by atoms with Gasteiger partial charge in [0.15, 0.2) is 5.78 Å². The molecule has 0 spiro atoms. The Bertz CT molecular complexity index is 914. The summed E-state index contributed by atoms with van der Waals surface area (Å²) >= 11 is 6.98. The van der Waals surface area contributed by atoms with Crippen molar-refractivity contribution in [1.82, 2.24) is 10.2 Å². The van der Waals surface area contributed by atoms with E-state index in [-0.39, 0.29) is 17.7 Å². The summed E-state index contributed by atoms with van der Waals surface area (Å²) in [5, 5.41) is 2.73. The zero-order valence-corrected chi connectivity index (χ0v) is 17.2. The van der Waals surface area contributed by atoms with Crippen LogP contribution < -0.4 is 5.32 Å². The standard InChI is InChI=1S/C20H21ClN2O3S/c1-19(2,3)12-5-7-13(8-6-12)20(4)17(25)23(18(26)22-20)11-14(24)15-9-10-16(21)27-15/h5-10H,11H2,1-4H3,(H,22,26)/t20-/m1/s1. The summed E-state index contributed by atoms with van der Waals surface area (Å²) in [4.78, 5) is 39.1. The lowest BCUT2D eigenvalue weighted by atomic mass is 9.84. The van der Waals surface area contributed by atoms with Gasteiger partial charge in [-0.15, -0.1) is 11.3 Å². The van der Waals surface area contributed by atoms with E-state index in [1.165, 1.54) is 0 Å². The van der Waals surface area contributed by atoms with Crippen LogP contribution in [0.2, 0.25) is 4.34 Å². The number of rotatable bonds is 4. The van der Waals surface area contributed by atoms with E-state index >= 15 is 0 Å². The molecule has 0 unspecified atom stereocenters. The number of imide groups is 1. The predicted octanol–water partition coefficient (Wildman–Crippen LogP) is 4.35. The highest BCUT2D eigenvalue weighted by Gasteiger charge is 2.49. The number of hydrogen-bond acceptors (Lipinski definition) is 4. The molecule has 0 radical (unpaired) electrons. The van der Waals surface area contributed by atoms with Crippen LogP contribution in [0.4, 0.5) is 4.79 Å². The van der Waals surface area contributed by atoms with Gasteiger partial charge in [0.2, 0.25) is 0 Å². The van der Waals surface area contributed by atoms with Crippen LogP contribution in [0.15, 0.2) is 36.4 Å². The van der Waals surface area contributed by atoms with E-state index in [0.29, 0.717) is 14.8 Å². The molecule has 1 saturated heterocycles. The minimum atomic E-state index is -1.19. The summed E-state index contributed by atoms with van der Waals surface area (Å²) in [5.74, 6) is -0.755. The van der Waals surface area contributed by atoms with Crippen LogP contribution in [0, 0.1) is 0 Å². The normalized spacial score (nSPS) is 20.1. The highest BCUT2D eigenvalue weighted by Crippen LogP contribution is 2.31. The van der Waals surface area contributed by atoms with Gasteiger partial charge in [0, 0.05) is 0 Å². The molecule has 5 nitrogen and oxygen atoms in total. The molecule has 7 heteroatoms. The molecule has 1 aromatic heterocycles. The van der Waals surface area contributed by atoms with Gasteiger partial charge in [-0.1, -0.05) is 56.6 Å². The lowest BCUT2D eigenvalue weighted by Crippen LogP contribution is -2.41. The number of benzene rings is 1. The van der Waals surface area contributed by atoms with Gasteiger partial charge in [0.25, 0.3) is 5.91 Å². The number of hydrogen-bond donors (Lipinski definition) is 1. The summed E-state index contributed by atoms with van der Waals surface area (Å²) in [6.07, 6.45) is 0. The Morgan fingerprint density at radius 1 is 1.15 bits per heavy atom. The van der Waals surface area contributed by atoms with Crippen LogP contribution in [0.25, 0.3) is 0 Å². The molecule has 27 heavy (non-hydrogen) atoms. The maximum Gasteiger partial charge on any atom is 0.325 e. The summed E-state index contributed by atoms with van der Waals surface area (Å²) in [6.45, 7) is 7.67. The zero-order chi connectivity index (χ0) is 20.0. The minimum absolute atomic E-state index is 0.0111. The number of ketones is 1. The van der Waals surface area contributed by atoms with Crippen molar-refractivity contribution in [2.24, 2.45) is 0 Å². The van der Waals surface area contributed by atoms with Crippen molar-refractivity contribution in [1.29, 1.82) is 0 Å². The molecule has 2 heterocycles. The second-order valence-electron chi connectivity index (χ2n) is 7.80. The average molecular weight is 405 g/mol. The molecule has 1 N–H and O–H groups in total. The number of nitrogens with zero attached hydrogens (tertiary/aromatic N) is 1. The number of carbonyl (C=O) groups excluding carboxylic acids is 3. The highest BCUT2D eigenvalue weighted by molar-refractivity contribution is 7.18. The van der Waals surface area contributed by atoms with Crippen molar-refractivity contribution in [2.45, 2.75) is 38.6 Å². The van der Waals surface area contributed by atoms with Gasteiger partial charge in [0.1, 0.15) is 5.54 Å². The van der Waals surface area contributed by atoms with Crippen LogP contribution in [0.1, 0.15) is 48.5 Å². The summed E-state index contributed by atoms with van der Waals surface area (Å²) in [5.41, 5.74) is 0.611. The molecule has 1 fully saturated rings. The summed E-state index contributed by atoms with van der Waals surface area (Å²) < 4.78 is 0.485. The zero-order valence-electron chi connectivity index (χ0n) is 15.6. The van der Waals surface area contributed by atoms with E-state index in [2.05, 4.69) is 26.1 Å². The quantitative estimate of drug-likeness (QED) is 0.608. The Labute approximate surface area is 167 Å². The Hall–Kier alpha value is -2.18. The summed E-state index contributed by atoms with van der Waals surface area (Å²) in [7, 11) is 0. The minimum Gasteiger partial charge on any atom is -0.319 e. The van der Waals surface area contributed by atoms with Crippen molar-refractivity contribution < 1.29 is 14.4 Å². The third-order valence-electron chi connectivity index (χ3n) is 4.75. The average Bonchev–Trinajstić information content (AvgIpc) is 3.12. The highest BCUT2D eigenvalue weighted by atomic mass is 35.5. The van der Waals surface area contributed by atoms with Crippen LogP contribution >= 0.6 is 22.9 Å². The van der Waals surface area contributed by atoms with Crippen molar-refractivity contribution in [2.75, 3.05) is 6.54 Å². The van der Waals surface area contributed by atoms with Gasteiger partial charge in [0.05, 0.1) is 15.8 Å². The van der Waals surface area contributed by atoms with Gasteiger partial charge in [-0.05, 0) is 35.6 Å². The SMILES string of the molecule is CC(C)(C)c1ccc([C@@]2(C)NC(=O)N(CC(=O)c3ccc(Cl)s3)C2=O)cc1. The van der Waals surface area contributed by atoms with E-state index in [9.17, 15) is 14.4 Å². The molecule has 142 valence electrons. The number of urea groups is 1. The largest absolute Gasteiger partial charge is 0.325 e. The molecule has 0 aliphatic carbocycles. The first kappa shape index (κ1) is 19.6. The number of carbonyl (C=O) groups is 3. The van der Waals surface area contributed by atoms with Gasteiger partial charge in [-0.25, -0.2) is 4.79 Å². The smallest absolute Gasteiger partial charge is 0.319 e. The van der Waals surface area contributed by atoms with Gasteiger partial charge < -0.3 is 5.32 Å². The molecule has 1 aromatic carbocycles. The van der Waals surface area contributed by atoms with E-state index in [0.717, 1.165) is 21.8 Å². The fourth-order valence-electron chi connectivity index (χ4n) is 3.03. The predicted molar refractivity (Wildman–Crippen MR) is 106 cm³/mol. The van der Waals surface area contributed by atoms with Crippen LogP contribution in [0.5, 0.6) is 0 Å². The number of Topliss-reactive ketones (excluding diaryl/α,β-unsaturated/α-hetero) is 1. The molecule has 3 amide bonds. The van der Waals surface area contributed by atoms with E-state index in [4.69, 9.17) is 11.6 Å². The lowest BCUT2D eigenvalue weighted by molar-refractivity contribution is -0.130. The van der Waals surface area contributed by atoms with Crippen LogP contribution in [0.3, 0.4) is 0 Å². The molecule has 2 aromatic rings. The van der Waals surface area contributed by atoms with Crippen molar-refractivity contribution in [3.8, 4) is 0 Å². The molecule has 3 rings (SSSR count). The van der Waals surface area contributed by atoms with E-state index < -0.39 is 17.5 Å². The monoisotopic (exact) mass is 404 g/mol. The number of amides is 3. The number of nitrogens with one attached hydrogen (secondary N) is 1. The summed E-state index contributed by atoms with van der Waals surface area (Å²) in [6, 6.07) is 10.3. The molecular weight excluding hydrogens is 384 g/mol. The Balaban J connectivity index is 1.83. The van der Waals surface area contributed by atoms with Gasteiger partial charge >= 0.3 is 6.03 Å². The van der Waals surface area contributed by atoms with Crippen molar-refractivity contribution in [3.05, 3.63) is 56.7 Å². The molecule has 1 aliphatic rings. The maximum absolute atomic E-state index is 13.0. The molecular formula is C20H21ClN2O3S. The molecule has 0 saturated carbocycles. The molecule has 0 bridgehead atoms. The number of thiophene rings is 1. The van der Waals surface area contributed by atoms with Crippen LogP contribution in [-0.2, 0) is 15.7 Å².